The van der Waals surface area contributed by atoms with Crippen LogP contribution in [0.4, 0.5) is 0 Å². The summed E-state index contributed by atoms with van der Waals surface area (Å²) in [6.45, 7) is 3.92. The summed E-state index contributed by atoms with van der Waals surface area (Å²) in [5, 5.41) is 0. The van der Waals surface area contributed by atoms with Gasteiger partial charge in [-0.2, -0.15) is 0 Å². The molecule has 15 heavy (non-hydrogen) atoms. The van der Waals surface area contributed by atoms with Crippen LogP contribution in [-0.4, -0.2) is 36.5 Å². The van der Waals surface area contributed by atoms with Gasteiger partial charge >= 0.3 is 5.97 Å². The van der Waals surface area contributed by atoms with E-state index in [-0.39, 0.29) is 23.7 Å². The molecule has 2 unspecified atom stereocenters. The predicted octanol–water partition coefficient (Wildman–Crippen LogP) is 0.808. The number of rotatable bonds is 3. The van der Waals surface area contributed by atoms with E-state index >= 15 is 0 Å². The average Bonchev–Trinajstić information content (AvgIpc) is 2.84. The second-order valence-electron chi connectivity index (χ2n) is 4.23. The van der Waals surface area contributed by atoms with Gasteiger partial charge in [-0.15, -0.1) is 0 Å². The minimum Gasteiger partial charge on any atom is -0.466 e. The smallest absolute Gasteiger partial charge is 0.309 e. The van der Waals surface area contributed by atoms with Gasteiger partial charge in [-0.05, 0) is 26.2 Å². The summed E-state index contributed by atoms with van der Waals surface area (Å²) in [6.07, 6.45) is 2.89. The molecule has 0 aromatic carbocycles. The number of carbonyl (C=O) groups excluding carboxylic acids is 2. The molecule has 1 saturated heterocycles. The molecule has 1 amide bonds. The first kappa shape index (κ1) is 10.5. The molecule has 0 spiro atoms. The van der Waals surface area contributed by atoms with Crippen LogP contribution >= 0.6 is 0 Å². The van der Waals surface area contributed by atoms with Crippen molar-refractivity contribution >= 4 is 11.9 Å². The van der Waals surface area contributed by atoms with E-state index in [1.165, 1.54) is 0 Å². The highest BCUT2D eigenvalue weighted by Crippen LogP contribution is 2.41. The molecule has 84 valence electrons. The first-order valence-corrected chi connectivity index (χ1v) is 5.69. The van der Waals surface area contributed by atoms with Crippen molar-refractivity contribution in [3.63, 3.8) is 0 Å². The maximum absolute atomic E-state index is 11.8. The topological polar surface area (TPSA) is 46.6 Å². The normalized spacial score (nSPS) is 29.0. The van der Waals surface area contributed by atoms with Gasteiger partial charge in [0.2, 0.25) is 5.91 Å². The van der Waals surface area contributed by atoms with Gasteiger partial charge in [-0.25, -0.2) is 0 Å². The fourth-order valence-corrected chi connectivity index (χ4v) is 2.15. The Bertz CT molecular complexity index is 271. The molecule has 2 rings (SSSR count). The third-order valence-electron chi connectivity index (χ3n) is 3.11. The zero-order chi connectivity index (χ0) is 10.8. The lowest BCUT2D eigenvalue weighted by molar-refractivity contribution is -0.146. The highest BCUT2D eigenvalue weighted by Gasteiger charge is 2.50. The molecule has 1 aliphatic heterocycles. The minimum atomic E-state index is -0.199. The Hall–Kier alpha value is -1.06. The van der Waals surface area contributed by atoms with Crippen LogP contribution in [0.5, 0.6) is 0 Å². The second-order valence-corrected chi connectivity index (χ2v) is 4.23. The van der Waals surface area contributed by atoms with E-state index in [1.54, 1.807) is 6.92 Å². The summed E-state index contributed by atoms with van der Waals surface area (Å²) in [5.74, 6) is -0.277. The number of hydrogen-bond acceptors (Lipinski definition) is 3. The number of hydrogen-bond donors (Lipinski definition) is 0. The number of amides is 1. The molecule has 0 aromatic rings. The Kier molecular flexibility index (Phi) is 2.93. The number of nitrogens with zero attached hydrogens (tertiary/aromatic N) is 1. The van der Waals surface area contributed by atoms with Gasteiger partial charge in [-0.3, -0.25) is 9.59 Å². The highest BCUT2D eigenvalue weighted by molar-refractivity contribution is 5.90. The first-order chi connectivity index (χ1) is 7.24. The molecule has 1 saturated carbocycles. The van der Waals surface area contributed by atoms with Crippen molar-refractivity contribution in [1.82, 2.24) is 4.90 Å². The van der Waals surface area contributed by atoms with Crippen LogP contribution in [-0.2, 0) is 14.3 Å². The van der Waals surface area contributed by atoms with Crippen molar-refractivity contribution in [2.45, 2.75) is 26.2 Å². The molecule has 4 heteroatoms. The lowest BCUT2D eigenvalue weighted by Crippen LogP contribution is -2.30. The fourth-order valence-electron chi connectivity index (χ4n) is 2.15. The number of likely N-dealkylation sites (tertiary alicyclic amines) is 1. The maximum atomic E-state index is 11.8. The Morgan fingerprint density at radius 3 is 2.53 bits per heavy atom. The predicted molar refractivity (Wildman–Crippen MR) is 54.0 cm³/mol. The molecule has 0 N–H and O–H groups in total. The first-order valence-electron chi connectivity index (χ1n) is 5.69. The van der Waals surface area contributed by atoms with Crippen LogP contribution in [0.2, 0.25) is 0 Å². The van der Waals surface area contributed by atoms with Gasteiger partial charge in [0, 0.05) is 13.1 Å². The van der Waals surface area contributed by atoms with E-state index in [4.69, 9.17) is 4.74 Å². The molecule has 1 heterocycles. The zero-order valence-electron chi connectivity index (χ0n) is 9.07. The summed E-state index contributed by atoms with van der Waals surface area (Å²) in [6, 6.07) is 0. The Balaban J connectivity index is 1.82. The Morgan fingerprint density at radius 2 is 1.93 bits per heavy atom. The monoisotopic (exact) mass is 211 g/mol. The van der Waals surface area contributed by atoms with Crippen LogP contribution in [0.15, 0.2) is 0 Å². The van der Waals surface area contributed by atoms with Crippen LogP contribution in [0.25, 0.3) is 0 Å². The average molecular weight is 211 g/mol. The molecule has 2 fully saturated rings. The van der Waals surface area contributed by atoms with Crippen LogP contribution in [0, 0.1) is 11.8 Å². The maximum Gasteiger partial charge on any atom is 0.309 e. The molecule has 4 nitrogen and oxygen atoms in total. The zero-order valence-corrected chi connectivity index (χ0v) is 9.07. The van der Waals surface area contributed by atoms with E-state index in [1.807, 2.05) is 4.90 Å². The van der Waals surface area contributed by atoms with Crippen LogP contribution < -0.4 is 0 Å². The Morgan fingerprint density at radius 1 is 1.27 bits per heavy atom. The molecule has 2 atom stereocenters. The van der Waals surface area contributed by atoms with Gasteiger partial charge in [0.1, 0.15) is 0 Å². The van der Waals surface area contributed by atoms with Gasteiger partial charge in [0.05, 0.1) is 18.4 Å². The fraction of sp³-hybridized carbons (Fsp3) is 0.818. The minimum absolute atomic E-state index is 0.0813. The summed E-state index contributed by atoms with van der Waals surface area (Å²) < 4.78 is 4.90. The largest absolute Gasteiger partial charge is 0.466 e. The molecule has 0 aromatic heterocycles. The van der Waals surface area contributed by atoms with Gasteiger partial charge in [-0.1, -0.05) is 0 Å². The molecule has 0 radical (unpaired) electrons. The molecule has 2 aliphatic rings. The molecule has 0 bridgehead atoms. The standard InChI is InChI=1S/C11H17NO3/c1-2-15-11(14)9-7-8(9)10(13)12-5-3-4-6-12/h8-9H,2-7H2,1H3. The summed E-state index contributed by atoms with van der Waals surface area (Å²) >= 11 is 0. The third kappa shape index (κ3) is 2.13. The number of carbonyl (C=O) groups is 2. The highest BCUT2D eigenvalue weighted by atomic mass is 16.5. The van der Waals surface area contributed by atoms with Crippen molar-refractivity contribution in [3.05, 3.63) is 0 Å². The molecular formula is C11H17NO3. The van der Waals surface area contributed by atoms with Crippen molar-refractivity contribution in [2.75, 3.05) is 19.7 Å². The van der Waals surface area contributed by atoms with Crippen molar-refractivity contribution in [1.29, 1.82) is 0 Å². The van der Waals surface area contributed by atoms with Crippen LogP contribution in [0.3, 0.4) is 0 Å². The number of ether oxygens (including phenoxy) is 1. The van der Waals surface area contributed by atoms with Crippen LogP contribution in [0.1, 0.15) is 26.2 Å². The van der Waals surface area contributed by atoms with E-state index in [9.17, 15) is 9.59 Å². The summed E-state index contributed by atoms with van der Waals surface area (Å²) in [7, 11) is 0. The van der Waals surface area contributed by atoms with E-state index < -0.39 is 0 Å². The number of esters is 1. The van der Waals surface area contributed by atoms with E-state index in [0.29, 0.717) is 13.0 Å². The molecular weight excluding hydrogens is 194 g/mol. The second kappa shape index (κ2) is 4.21. The molecule has 1 aliphatic carbocycles. The third-order valence-corrected chi connectivity index (χ3v) is 3.11. The van der Waals surface area contributed by atoms with Gasteiger partial charge in [0.25, 0.3) is 0 Å². The lowest BCUT2D eigenvalue weighted by atomic mass is 10.3. The Labute approximate surface area is 89.6 Å². The van der Waals surface area contributed by atoms with Gasteiger partial charge < -0.3 is 9.64 Å². The van der Waals surface area contributed by atoms with Crippen molar-refractivity contribution < 1.29 is 14.3 Å². The summed E-state index contributed by atoms with van der Waals surface area (Å²) in [4.78, 5) is 25.1. The SMILES string of the molecule is CCOC(=O)C1CC1C(=O)N1CCCC1. The quantitative estimate of drug-likeness (QED) is 0.649. The van der Waals surface area contributed by atoms with E-state index in [2.05, 4.69) is 0 Å². The van der Waals surface area contributed by atoms with E-state index in [0.717, 1.165) is 25.9 Å². The van der Waals surface area contributed by atoms with Crippen molar-refractivity contribution in [2.24, 2.45) is 11.8 Å². The van der Waals surface area contributed by atoms with Crippen molar-refractivity contribution in [3.8, 4) is 0 Å². The summed E-state index contributed by atoms with van der Waals surface area (Å²) in [5.41, 5.74) is 0. The lowest BCUT2D eigenvalue weighted by Gasteiger charge is -2.14. The van der Waals surface area contributed by atoms with Gasteiger partial charge in [0.15, 0.2) is 0 Å².